The van der Waals surface area contributed by atoms with Gasteiger partial charge in [-0.1, -0.05) is 24.3 Å². The van der Waals surface area contributed by atoms with Crippen LogP contribution in [0.1, 0.15) is 29.2 Å². The van der Waals surface area contributed by atoms with Crippen molar-refractivity contribution in [3.8, 4) is 11.5 Å². The monoisotopic (exact) mass is 269 g/mol. The second-order valence-electron chi connectivity index (χ2n) is 5.58. The summed E-state index contributed by atoms with van der Waals surface area (Å²) in [5, 5.41) is 0. The molecule has 0 aliphatic heterocycles. The summed E-state index contributed by atoms with van der Waals surface area (Å²) in [6.07, 6.45) is 0.892. The Morgan fingerprint density at radius 2 is 1.55 bits per heavy atom. The standard InChI is InChI=1S/C18H23NO/c1-12-5-6-13(2)18(15(12)4)20-17-9-7-16(8-10-17)11-14(3)19/h5-10,14H,11,19H2,1-4H3. The van der Waals surface area contributed by atoms with E-state index in [-0.39, 0.29) is 6.04 Å². The normalized spacial score (nSPS) is 12.2. The van der Waals surface area contributed by atoms with E-state index < -0.39 is 0 Å². The molecule has 2 aromatic carbocycles. The molecule has 2 aromatic rings. The van der Waals surface area contributed by atoms with Crippen molar-refractivity contribution in [1.29, 1.82) is 0 Å². The van der Waals surface area contributed by atoms with E-state index in [1.54, 1.807) is 0 Å². The van der Waals surface area contributed by atoms with E-state index in [2.05, 4.69) is 45.0 Å². The molecule has 2 rings (SSSR count). The molecule has 0 radical (unpaired) electrons. The topological polar surface area (TPSA) is 35.2 Å². The number of hydrogen-bond donors (Lipinski definition) is 1. The Kier molecular flexibility index (Phi) is 4.46. The van der Waals surface area contributed by atoms with Crippen LogP contribution >= 0.6 is 0 Å². The second-order valence-corrected chi connectivity index (χ2v) is 5.58. The third-order valence-electron chi connectivity index (χ3n) is 3.57. The molecule has 0 aliphatic rings. The van der Waals surface area contributed by atoms with Crippen molar-refractivity contribution >= 4 is 0 Å². The van der Waals surface area contributed by atoms with Gasteiger partial charge in [0.15, 0.2) is 0 Å². The Balaban J connectivity index is 2.20. The summed E-state index contributed by atoms with van der Waals surface area (Å²) in [5.74, 6) is 1.83. The van der Waals surface area contributed by atoms with Crippen LogP contribution in [0.25, 0.3) is 0 Å². The number of aryl methyl sites for hydroxylation is 2. The Morgan fingerprint density at radius 3 is 2.15 bits per heavy atom. The zero-order valence-electron chi connectivity index (χ0n) is 12.7. The molecule has 1 atom stereocenters. The molecule has 1 unspecified atom stereocenters. The molecule has 0 spiro atoms. The third kappa shape index (κ3) is 3.40. The van der Waals surface area contributed by atoms with Crippen molar-refractivity contribution < 1.29 is 4.74 Å². The van der Waals surface area contributed by atoms with Gasteiger partial charge in [-0.15, -0.1) is 0 Å². The van der Waals surface area contributed by atoms with Gasteiger partial charge in [0.1, 0.15) is 11.5 Å². The highest BCUT2D eigenvalue weighted by Gasteiger charge is 2.08. The lowest BCUT2D eigenvalue weighted by molar-refractivity contribution is 0.474. The molecule has 0 aromatic heterocycles. The maximum absolute atomic E-state index is 6.05. The van der Waals surface area contributed by atoms with E-state index in [1.165, 1.54) is 16.7 Å². The Hall–Kier alpha value is -1.80. The van der Waals surface area contributed by atoms with E-state index in [9.17, 15) is 0 Å². The number of hydrogen-bond acceptors (Lipinski definition) is 2. The fourth-order valence-corrected chi connectivity index (χ4v) is 2.27. The maximum atomic E-state index is 6.05. The smallest absolute Gasteiger partial charge is 0.133 e. The average molecular weight is 269 g/mol. The lowest BCUT2D eigenvalue weighted by Crippen LogP contribution is -2.17. The van der Waals surface area contributed by atoms with Crippen molar-refractivity contribution in [2.24, 2.45) is 5.73 Å². The van der Waals surface area contributed by atoms with E-state index in [0.717, 1.165) is 23.5 Å². The largest absolute Gasteiger partial charge is 0.457 e. The summed E-state index contributed by atoms with van der Waals surface area (Å²) in [6.45, 7) is 8.30. The van der Waals surface area contributed by atoms with E-state index in [1.807, 2.05) is 19.1 Å². The predicted molar refractivity (Wildman–Crippen MR) is 84.5 cm³/mol. The van der Waals surface area contributed by atoms with Crippen LogP contribution in [0.2, 0.25) is 0 Å². The van der Waals surface area contributed by atoms with Crippen LogP contribution in [-0.2, 0) is 6.42 Å². The lowest BCUT2D eigenvalue weighted by Gasteiger charge is -2.14. The first-order valence-electron chi connectivity index (χ1n) is 7.06. The molecule has 106 valence electrons. The first-order chi connectivity index (χ1) is 9.47. The van der Waals surface area contributed by atoms with Crippen LogP contribution in [0.3, 0.4) is 0 Å². The molecule has 2 nitrogen and oxygen atoms in total. The zero-order chi connectivity index (χ0) is 14.7. The van der Waals surface area contributed by atoms with E-state index in [4.69, 9.17) is 10.5 Å². The molecule has 0 fully saturated rings. The van der Waals surface area contributed by atoms with Gasteiger partial charge >= 0.3 is 0 Å². The summed E-state index contributed by atoms with van der Waals surface area (Å²) in [7, 11) is 0. The van der Waals surface area contributed by atoms with Gasteiger partial charge in [0.25, 0.3) is 0 Å². The van der Waals surface area contributed by atoms with Gasteiger partial charge in [0.2, 0.25) is 0 Å². The van der Waals surface area contributed by atoms with E-state index >= 15 is 0 Å². The van der Waals surface area contributed by atoms with Gasteiger partial charge in [-0.05, 0) is 68.5 Å². The Morgan fingerprint density at radius 1 is 0.950 bits per heavy atom. The molecule has 0 aliphatic carbocycles. The SMILES string of the molecule is Cc1ccc(C)c(Oc2ccc(CC(C)N)cc2)c1C. The zero-order valence-corrected chi connectivity index (χ0v) is 12.7. The highest BCUT2D eigenvalue weighted by atomic mass is 16.5. The van der Waals surface area contributed by atoms with Crippen LogP contribution < -0.4 is 10.5 Å². The van der Waals surface area contributed by atoms with Crippen molar-refractivity contribution in [2.45, 2.75) is 40.2 Å². The summed E-state index contributed by atoms with van der Waals surface area (Å²) < 4.78 is 6.05. The third-order valence-corrected chi connectivity index (χ3v) is 3.57. The molecule has 20 heavy (non-hydrogen) atoms. The molecule has 0 heterocycles. The van der Waals surface area contributed by atoms with Crippen molar-refractivity contribution in [3.05, 3.63) is 58.7 Å². The molecular formula is C18H23NO. The highest BCUT2D eigenvalue weighted by Crippen LogP contribution is 2.30. The minimum atomic E-state index is 0.183. The lowest BCUT2D eigenvalue weighted by atomic mass is 10.1. The molecular weight excluding hydrogens is 246 g/mol. The fourth-order valence-electron chi connectivity index (χ4n) is 2.27. The van der Waals surface area contributed by atoms with Gasteiger partial charge in [-0.2, -0.15) is 0 Å². The molecule has 0 amide bonds. The summed E-state index contributed by atoms with van der Waals surface area (Å²) >= 11 is 0. The number of benzene rings is 2. The van der Waals surface area contributed by atoms with Crippen LogP contribution in [0.5, 0.6) is 11.5 Å². The summed E-state index contributed by atoms with van der Waals surface area (Å²) in [5.41, 5.74) is 10.7. The minimum absolute atomic E-state index is 0.183. The predicted octanol–water partition coefficient (Wildman–Crippen LogP) is 4.29. The summed E-state index contributed by atoms with van der Waals surface area (Å²) in [6, 6.07) is 12.6. The molecule has 2 N–H and O–H groups in total. The number of rotatable bonds is 4. The van der Waals surface area contributed by atoms with Crippen LogP contribution in [0.15, 0.2) is 36.4 Å². The van der Waals surface area contributed by atoms with Crippen molar-refractivity contribution in [1.82, 2.24) is 0 Å². The number of ether oxygens (including phenoxy) is 1. The Bertz CT molecular complexity index is 585. The van der Waals surface area contributed by atoms with Gasteiger partial charge in [0, 0.05) is 6.04 Å². The first-order valence-corrected chi connectivity index (χ1v) is 7.06. The molecule has 0 bridgehead atoms. The molecule has 0 saturated heterocycles. The van der Waals surface area contributed by atoms with Gasteiger partial charge in [-0.25, -0.2) is 0 Å². The minimum Gasteiger partial charge on any atom is -0.457 e. The Labute approximate surface area is 121 Å². The summed E-state index contributed by atoms with van der Waals surface area (Å²) in [4.78, 5) is 0. The highest BCUT2D eigenvalue weighted by molar-refractivity contribution is 5.47. The van der Waals surface area contributed by atoms with Gasteiger partial charge in [0.05, 0.1) is 0 Å². The quantitative estimate of drug-likeness (QED) is 0.898. The van der Waals surface area contributed by atoms with Crippen LogP contribution in [0.4, 0.5) is 0 Å². The molecule has 0 saturated carbocycles. The second kappa shape index (κ2) is 6.10. The van der Waals surface area contributed by atoms with Gasteiger partial charge in [-0.3, -0.25) is 0 Å². The average Bonchev–Trinajstić information content (AvgIpc) is 2.40. The maximum Gasteiger partial charge on any atom is 0.133 e. The van der Waals surface area contributed by atoms with E-state index in [0.29, 0.717) is 0 Å². The van der Waals surface area contributed by atoms with Gasteiger partial charge < -0.3 is 10.5 Å². The van der Waals surface area contributed by atoms with Crippen LogP contribution in [-0.4, -0.2) is 6.04 Å². The van der Waals surface area contributed by atoms with Crippen LogP contribution in [0, 0.1) is 20.8 Å². The number of nitrogens with two attached hydrogens (primary N) is 1. The van der Waals surface area contributed by atoms with Crippen molar-refractivity contribution in [2.75, 3.05) is 0 Å². The molecule has 2 heteroatoms. The van der Waals surface area contributed by atoms with Crippen molar-refractivity contribution in [3.63, 3.8) is 0 Å². The fraction of sp³-hybridized carbons (Fsp3) is 0.333. The first kappa shape index (κ1) is 14.6.